The predicted octanol–water partition coefficient (Wildman–Crippen LogP) is 0.889. The van der Waals surface area contributed by atoms with E-state index in [1.165, 1.54) is 0 Å². The second-order valence-electron chi connectivity index (χ2n) is 5.94. The third-order valence-corrected chi connectivity index (χ3v) is 3.01. The van der Waals surface area contributed by atoms with Gasteiger partial charge in [-0.25, -0.2) is 0 Å². The maximum Gasteiger partial charge on any atom is 0.136 e. The van der Waals surface area contributed by atoms with Crippen LogP contribution in [0.5, 0.6) is 0 Å². The van der Waals surface area contributed by atoms with E-state index in [4.69, 9.17) is 11.5 Å². The summed E-state index contributed by atoms with van der Waals surface area (Å²) < 4.78 is 0. The van der Waals surface area contributed by atoms with Crippen molar-refractivity contribution in [2.45, 2.75) is 76.6 Å². The Morgan fingerprint density at radius 1 is 1.11 bits per heavy atom. The molecule has 1 unspecified atom stereocenters. The lowest BCUT2D eigenvalue weighted by atomic mass is 10.0. The minimum Gasteiger partial charge on any atom is -0.389 e. The first kappa shape index (κ1) is 18.5. The molecule has 0 aliphatic heterocycles. The fourth-order valence-corrected chi connectivity index (χ4v) is 1.87. The SMILES string of the molecule is CC(C)(O)CNC(C=O)CCCCCCCC(N)N. The number of aliphatic hydroxyl groups is 1. The van der Waals surface area contributed by atoms with Gasteiger partial charge in [0, 0.05) is 6.54 Å². The molecule has 0 radical (unpaired) electrons. The summed E-state index contributed by atoms with van der Waals surface area (Å²) in [5.74, 6) is 0. The summed E-state index contributed by atoms with van der Waals surface area (Å²) in [6.07, 6.45) is 7.97. The normalized spacial score (nSPS) is 13.8. The summed E-state index contributed by atoms with van der Waals surface area (Å²) in [7, 11) is 0. The summed E-state index contributed by atoms with van der Waals surface area (Å²) in [5, 5.41) is 12.7. The van der Waals surface area contributed by atoms with Crippen LogP contribution in [0.3, 0.4) is 0 Å². The third-order valence-electron chi connectivity index (χ3n) is 3.01. The maximum atomic E-state index is 10.9. The Morgan fingerprint density at radius 3 is 2.11 bits per heavy atom. The fourth-order valence-electron chi connectivity index (χ4n) is 1.87. The average molecular weight is 273 g/mol. The van der Waals surface area contributed by atoms with Gasteiger partial charge >= 0.3 is 0 Å². The van der Waals surface area contributed by atoms with Crippen LogP contribution in [0, 0.1) is 0 Å². The predicted molar refractivity (Wildman–Crippen MR) is 78.6 cm³/mol. The van der Waals surface area contributed by atoms with Crippen LogP contribution in [0.15, 0.2) is 0 Å². The molecular weight excluding hydrogens is 242 g/mol. The van der Waals surface area contributed by atoms with Crippen LogP contribution in [0.2, 0.25) is 0 Å². The summed E-state index contributed by atoms with van der Waals surface area (Å²) in [6.45, 7) is 3.89. The molecule has 0 saturated heterocycles. The Hall–Kier alpha value is -0.490. The molecule has 0 bridgehead atoms. The molecule has 0 amide bonds. The molecule has 0 aliphatic rings. The molecule has 5 nitrogen and oxygen atoms in total. The van der Waals surface area contributed by atoms with Gasteiger partial charge in [-0.3, -0.25) is 0 Å². The molecule has 0 aromatic carbocycles. The first-order chi connectivity index (χ1) is 8.85. The van der Waals surface area contributed by atoms with Crippen molar-refractivity contribution in [1.29, 1.82) is 0 Å². The van der Waals surface area contributed by atoms with Crippen molar-refractivity contribution in [3.8, 4) is 0 Å². The molecule has 114 valence electrons. The molecule has 0 aromatic heterocycles. The molecule has 5 heteroatoms. The highest BCUT2D eigenvalue weighted by atomic mass is 16.3. The van der Waals surface area contributed by atoms with Gasteiger partial charge in [-0.1, -0.05) is 32.1 Å². The molecule has 1 atom stereocenters. The number of nitrogens with one attached hydrogen (secondary N) is 1. The van der Waals surface area contributed by atoms with E-state index in [0.29, 0.717) is 6.54 Å². The second kappa shape index (κ2) is 10.3. The van der Waals surface area contributed by atoms with Crippen LogP contribution in [-0.2, 0) is 4.79 Å². The highest BCUT2D eigenvalue weighted by Crippen LogP contribution is 2.09. The topological polar surface area (TPSA) is 101 Å². The summed E-state index contributed by atoms with van der Waals surface area (Å²) in [4.78, 5) is 10.9. The van der Waals surface area contributed by atoms with E-state index in [1.807, 2.05) is 0 Å². The summed E-state index contributed by atoms with van der Waals surface area (Å²) in [5.41, 5.74) is 10.2. The van der Waals surface area contributed by atoms with Crippen LogP contribution in [0.4, 0.5) is 0 Å². The number of nitrogens with two attached hydrogens (primary N) is 2. The molecule has 0 spiro atoms. The van der Waals surface area contributed by atoms with E-state index < -0.39 is 5.60 Å². The lowest BCUT2D eigenvalue weighted by Gasteiger charge is -2.21. The molecule has 19 heavy (non-hydrogen) atoms. The standard InChI is InChI=1S/C14H31N3O2/c1-14(2,19)11-17-12(10-18)8-6-4-3-5-7-9-13(15)16/h10,12-13,17,19H,3-9,11,15-16H2,1-2H3. The Labute approximate surface area is 117 Å². The van der Waals surface area contributed by atoms with Gasteiger partial charge in [0.1, 0.15) is 6.29 Å². The van der Waals surface area contributed by atoms with Gasteiger partial charge in [-0.15, -0.1) is 0 Å². The Kier molecular flexibility index (Phi) is 10.0. The van der Waals surface area contributed by atoms with Crippen molar-refractivity contribution >= 4 is 6.29 Å². The minimum absolute atomic E-state index is 0.149. The van der Waals surface area contributed by atoms with Crippen molar-refractivity contribution < 1.29 is 9.90 Å². The van der Waals surface area contributed by atoms with Crippen LogP contribution < -0.4 is 16.8 Å². The third kappa shape index (κ3) is 13.7. The lowest BCUT2D eigenvalue weighted by molar-refractivity contribution is -0.109. The maximum absolute atomic E-state index is 10.9. The van der Waals surface area contributed by atoms with Crippen LogP contribution in [-0.4, -0.2) is 35.7 Å². The number of hydrogen-bond donors (Lipinski definition) is 4. The van der Waals surface area contributed by atoms with Crippen molar-refractivity contribution in [1.82, 2.24) is 5.32 Å². The lowest BCUT2D eigenvalue weighted by Crippen LogP contribution is -2.41. The van der Waals surface area contributed by atoms with Crippen molar-refractivity contribution in [3.05, 3.63) is 0 Å². The Bertz CT molecular complexity index is 227. The molecule has 6 N–H and O–H groups in total. The van der Waals surface area contributed by atoms with Crippen LogP contribution in [0.25, 0.3) is 0 Å². The monoisotopic (exact) mass is 273 g/mol. The van der Waals surface area contributed by atoms with Gasteiger partial charge in [0.15, 0.2) is 0 Å². The average Bonchev–Trinajstić information content (AvgIpc) is 2.30. The summed E-state index contributed by atoms with van der Waals surface area (Å²) in [6, 6.07) is -0.149. The Morgan fingerprint density at radius 2 is 1.63 bits per heavy atom. The minimum atomic E-state index is -0.776. The van der Waals surface area contributed by atoms with Gasteiger partial charge in [0.25, 0.3) is 0 Å². The number of unbranched alkanes of at least 4 members (excludes halogenated alkanes) is 4. The van der Waals surface area contributed by atoms with Crippen molar-refractivity contribution in [3.63, 3.8) is 0 Å². The molecule has 0 heterocycles. The number of carbonyl (C=O) groups excluding carboxylic acids is 1. The van der Waals surface area contributed by atoms with E-state index in [0.717, 1.165) is 51.2 Å². The molecular formula is C14H31N3O2. The molecule has 0 aliphatic carbocycles. The zero-order chi connectivity index (χ0) is 14.7. The van der Waals surface area contributed by atoms with E-state index in [1.54, 1.807) is 13.8 Å². The second-order valence-corrected chi connectivity index (χ2v) is 5.94. The number of aldehydes is 1. The Balaban J connectivity index is 3.49. The smallest absolute Gasteiger partial charge is 0.136 e. The van der Waals surface area contributed by atoms with Gasteiger partial charge in [0.2, 0.25) is 0 Å². The zero-order valence-electron chi connectivity index (χ0n) is 12.4. The van der Waals surface area contributed by atoms with Crippen molar-refractivity contribution in [2.24, 2.45) is 11.5 Å². The van der Waals surface area contributed by atoms with E-state index in [9.17, 15) is 9.90 Å². The molecule has 0 aromatic rings. The largest absolute Gasteiger partial charge is 0.389 e. The van der Waals surface area contributed by atoms with Crippen LogP contribution >= 0.6 is 0 Å². The number of hydrogen-bond acceptors (Lipinski definition) is 5. The van der Waals surface area contributed by atoms with E-state index in [-0.39, 0.29) is 12.2 Å². The van der Waals surface area contributed by atoms with Gasteiger partial charge < -0.3 is 26.7 Å². The van der Waals surface area contributed by atoms with E-state index in [2.05, 4.69) is 5.32 Å². The van der Waals surface area contributed by atoms with Crippen LogP contribution in [0.1, 0.15) is 58.8 Å². The quantitative estimate of drug-likeness (QED) is 0.240. The van der Waals surface area contributed by atoms with Crippen molar-refractivity contribution in [2.75, 3.05) is 6.54 Å². The van der Waals surface area contributed by atoms with E-state index >= 15 is 0 Å². The molecule has 0 saturated carbocycles. The first-order valence-corrected chi connectivity index (χ1v) is 7.27. The zero-order valence-corrected chi connectivity index (χ0v) is 12.4. The fraction of sp³-hybridized carbons (Fsp3) is 0.929. The summed E-state index contributed by atoms with van der Waals surface area (Å²) >= 11 is 0. The highest BCUT2D eigenvalue weighted by Gasteiger charge is 2.15. The van der Waals surface area contributed by atoms with Gasteiger partial charge in [0.05, 0.1) is 17.8 Å². The first-order valence-electron chi connectivity index (χ1n) is 7.27. The van der Waals surface area contributed by atoms with Gasteiger partial charge in [-0.05, 0) is 26.7 Å². The molecule has 0 fully saturated rings. The highest BCUT2D eigenvalue weighted by molar-refractivity contribution is 5.57. The molecule has 0 rings (SSSR count). The number of carbonyl (C=O) groups is 1. The van der Waals surface area contributed by atoms with Gasteiger partial charge in [-0.2, -0.15) is 0 Å². The number of rotatable bonds is 12.